The third-order valence-corrected chi connectivity index (χ3v) is 17.9. The first kappa shape index (κ1) is 56.5. The number of nitrogens with one attached hydrogen (secondary N) is 1. The molecule has 1 unspecified atom stereocenters. The second kappa shape index (κ2) is 25.0. The van der Waals surface area contributed by atoms with Gasteiger partial charge in [-0.2, -0.15) is 0 Å². The Labute approximate surface area is 481 Å². The Morgan fingerprint density at radius 2 is 1.66 bits per heavy atom. The first-order chi connectivity index (χ1) is 39.7. The van der Waals surface area contributed by atoms with Crippen LogP contribution in [0.3, 0.4) is 0 Å². The fourth-order valence-corrected chi connectivity index (χ4v) is 13.4. The molecule has 6 atom stereocenters. The molecule has 4 aliphatic heterocycles. The maximum atomic E-state index is 14.4. The highest BCUT2D eigenvalue weighted by atomic mass is 32.1. The van der Waals surface area contributed by atoms with Crippen LogP contribution in [-0.2, 0) is 19.1 Å². The van der Waals surface area contributed by atoms with Gasteiger partial charge in [-0.3, -0.25) is 19.3 Å². The van der Waals surface area contributed by atoms with Crippen molar-refractivity contribution in [3.63, 3.8) is 0 Å². The minimum atomic E-state index is -0.926. The summed E-state index contributed by atoms with van der Waals surface area (Å²) in [7, 11) is 0. The maximum Gasteiger partial charge on any atom is 0.254 e. The monoisotopic (exact) mass is 1140 g/mol. The molecule has 1 saturated carbocycles. The standard InChI is InChI=1S/C60H74N12O9S/c1-35(2)56(60(77)71-33-42(73)26-50(71)59(76)65-47(8-6-10-53(61)75)37-11-13-38(14-12-37)57-36(3)64-34-82-57)52-30-55(68-81-52)78-24-23-69-21-18-43(19-22-69)79-44-27-45(28-44)80-54-25-39(17-20-63-54)72-40-15-16-41(72)32-70(31-40)49-29-48(66-67-58(49)62)46-7-4-5-9-51(46)74/h4-5,7,9,11-14,17,20,25,29-30,34-35,40-45,47,50,56,73-74H,6,8,10,15-16,18-19,21-24,26-28,31-33H2,1-3H3,(H2,61,75)(H2,62,67)(H,65,76)/t40-,41?,42-,44?,45?,47+,50+,56-/m1/s1. The van der Waals surface area contributed by atoms with Gasteiger partial charge in [-0.25, -0.2) is 9.97 Å². The number of likely N-dealkylation sites (tertiary alicyclic amines) is 2. The van der Waals surface area contributed by atoms with Crippen LogP contribution < -0.4 is 36.1 Å². The third-order valence-electron chi connectivity index (χ3n) is 16.9. The number of benzene rings is 2. The number of fused-ring (bicyclic) bond motifs is 2. The summed E-state index contributed by atoms with van der Waals surface area (Å²) in [4.78, 5) is 58.9. The van der Waals surface area contributed by atoms with Crippen LogP contribution in [0.4, 0.5) is 17.2 Å². The highest BCUT2D eigenvalue weighted by Gasteiger charge is 2.45. The topological polar surface area (TPSA) is 274 Å². The first-order valence-corrected chi connectivity index (χ1v) is 29.7. The van der Waals surface area contributed by atoms with Crippen molar-refractivity contribution in [1.82, 2.24) is 40.4 Å². The number of primary amides is 1. The minimum Gasteiger partial charge on any atom is -0.507 e. The van der Waals surface area contributed by atoms with Gasteiger partial charge in [0.25, 0.3) is 5.88 Å². The molecular weight excluding hydrogens is 1060 g/mol. The molecule has 21 nitrogen and oxygen atoms in total. The van der Waals surface area contributed by atoms with Gasteiger partial charge in [0.15, 0.2) is 11.6 Å². The molecule has 11 rings (SSSR count). The van der Waals surface area contributed by atoms with Gasteiger partial charge >= 0.3 is 0 Å². The number of aliphatic hydroxyl groups excluding tert-OH is 1. The fourth-order valence-electron chi connectivity index (χ4n) is 12.6. The summed E-state index contributed by atoms with van der Waals surface area (Å²) in [6.45, 7) is 10.1. The van der Waals surface area contributed by atoms with E-state index in [0.29, 0.717) is 54.7 Å². The molecule has 82 heavy (non-hydrogen) atoms. The molecule has 8 heterocycles. The van der Waals surface area contributed by atoms with E-state index in [1.165, 1.54) is 4.90 Å². The lowest BCUT2D eigenvalue weighted by atomic mass is 9.91. The molecule has 0 radical (unpaired) electrons. The Morgan fingerprint density at radius 1 is 0.890 bits per heavy atom. The second-order valence-electron chi connectivity index (χ2n) is 22.9. The Balaban J connectivity index is 0.613. The van der Waals surface area contributed by atoms with Gasteiger partial charge in [0.1, 0.15) is 30.4 Å². The lowest BCUT2D eigenvalue weighted by molar-refractivity contribution is -0.141. The van der Waals surface area contributed by atoms with Crippen molar-refractivity contribution in [3.05, 3.63) is 102 Å². The molecule has 7 N–H and O–H groups in total. The van der Waals surface area contributed by atoms with Crippen LogP contribution in [0.25, 0.3) is 21.7 Å². The first-order valence-electron chi connectivity index (χ1n) is 28.8. The normalized spacial score (nSPS) is 22.7. The van der Waals surface area contributed by atoms with Crippen LogP contribution in [-0.4, -0.2) is 151 Å². The minimum absolute atomic E-state index is 0.00474. The summed E-state index contributed by atoms with van der Waals surface area (Å²) in [5.74, 6) is -0.396. The molecule has 22 heteroatoms. The lowest BCUT2D eigenvalue weighted by Gasteiger charge is -2.43. The van der Waals surface area contributed by atoms with E-state index in [2.05, 4.69) is 57.5 Å². The van der Waals surface area contributed by atoms with Crippen LogP contribution in [0.15, 0.2) is 89.0 Å². The number of phenolic OH excluding ortho intramolecular Hbond substituents is 1. The van der Waals surface area contributed by atoms with Crippen molar-refractivity contribution in [2.75, 3.05) is 61.4 Å². The molecule has 0 spiro atoms. The largest absolute Gasteiger partial charge is 0.507 e. The molecule has 434 valence electrons. The van der Waals surface area contributed by atoms with Crippen LogP contribution in [0, 0.1) is 12.8 Å². The second-order valence-corrected chi connectivity index (χ2v) is 23.8. The Hall–Kier alpha value is -7.40. The van der Waals surface area contributed by atoms with Crippen LogP contribution in [0.2, 0.25) is 0 Å². The fraction of sp³-hybridized carbons (Fsp3) is 0.500. The smallest absolute Gasteiger partial charge is 0.254 e. The number of thiazole rings is 1. The number of nitrogen functional groups attached to an aromatic ring is 1. The average Bonchev–Trinajstić information content (AvgIpc) is 4.41. The number of rotatable bonds is 22. The number of nitrogens with zero attached hydrogens (tertiary/aromatic N) is 9. The quantitative estimate of drug-likeness (QED) is 0.0468. The maximum absolute atomic E-state index is 14.4. The van der Waals surface area contributed by atoms with Crippen molar-refractivity contribution >= 4 is 46.3 Å². The molecule has 2 bridgehead atoms. The number of hydrogen-bond acceptors (Lipinski definition) is 19. The summed E-state index contributed by atoms with van der Waals surface area (Å²) in [5, 5.41) is 37.2. The average molecular weight is 1140 g/mol. The van der Waals surface area contributed by atoms with E-state index in [0.717, 1.165) is 97.8 Å². The zero-order chi connectivity index (χ0) is 57.0. The third kappa shape index (κ3) is 12.8. The number of nitrogens with two attached hydrogens (primary N) is 2. The number of carbonyl (C=O) groups is 3. The van der Waals surface area contributed by atoms with Crippen LogP contribution >= 0.6 is 11.3 Å². The van der Waals surface area contributed by atoms with Crippen molar-refractivity contribution in [1.29, 1.82) is 0 Å². The molecule has 5 fully saturated rings. The van der Waals surface area contributed by atoms with Crippen molar-refractivity contribution in [3.8, 4) is 39.2 Å². The SMILES string of the molecule is Cc1ncsc1-c1ccc([C@H](CCCC(N)=O)NC(=O)[C@@H]2C[C@@H](O)CN2C(=O)[C@@H](c2cc(OCCN3CCC(OC4CC(Oc5cc(N6C7CC[C@@H]6CN(c6cc(-c8ccccc8O)nnc6N)C7)ccn5)C4)CC3)no2)C(C)C)cc1. The molecule has 5 aliphatic rings. The number of pyridine rings is 1. The predicted octanol–water partition coefficient (Wildman–Crippen LogP) is 6.79. The number of amides is 3. The van der Waals surface area contributed by atoms with E-state index in [1.54, 1.807) is 29.5 Å². The van der Waals surface area contributed by atoms with E-state index in [9.17, 15) is 24.6 Å². The van der Waals surface area contributed by atoms with E-state index in [-0.39, 0.29) is 73.2 Å². The number of para-hydroxylation sites is 1. The molecular formula is C60H74N12O9S. The van der Waals surface area contributed by atoms with Crippen LogP contribution in [0.1, 0.15) is 107 Å². The number of β-amino-alcohol motifs (C(OH)–C–C–N with tert-alkyl or cyclic N) is 1. The van der Waals surface area contributed by atoms with Crippen molar-refractivity contribution in [2.24, 2.45) is 11.7 Å². The number of aromatic hydroxyl groups is 1. The van der Waals surface area contributed by atoms with Gasteiger partial charge in [0.2, 0.25) is 23.6 Å². The number of aromatic nitrogens is 5. The number of aryl methyl sites for hydroxylation is 1. The van der Waals surface area contributed by atoms with E-state index in [1.807, 2.05) is 74.9 Å². The lowest BCUT2D eigenvalue weighted by Crippen LogP contribution is -2.54. The van der Waals surface area contributed by atoms with Crippen molar-refractivity contribution < 1.29 is 43.3 Å². The highest BCUT2D eigenvalue weighted by Crippen LogP contribution is 2.41. The summed E-state index contributed by atoms with van der Waals surface area (Å²) < 4.78 is 24.8. The van der Waals surface area contributed by atoms with E-state index < -0.39 is 35.9 Å². The molecule has 6 aromatic rings. The zero-order valence-electron chi connectivity index (χ0n) is 46.7. The zero-order valence-corrected chi connectivity index (χ0v) is 47.5. The van der Waals surface area contributed by atoms with Crippen LogP contribution in [0.5, 0.6) is 17.5 Å². The Morgan fingerprint density at radius 3 is 2.38 bits per heavy atom. The Kier molecular flexibility index (Phi) is 17.2. The number of piperidine rings is 1. The van der Waals surface area contributed by atoms with E-state index in [4.69, 9.17) is 30.2 Å². The summed E-state index contributed by atoms with van der Waals surface area (Å²) in [6.07, 6.45) is 8.05. The van der Waals surface area contributed by atoms with Gasteiger partial charge in [0.05, 0.1) is 51.8 Å². The molecule has 4 saturated heterocycles. The number of hydrogen-bond donors (Lipinski definition) is 5. The number of ether oxygens (including phenoxy) is 3. The summed E-state index contributed by atoms with van der Waals surface area (Å²) >= 11 is 1.56. The number of carbonyl (C=O) groups excluding carboxylic acids is 3. The van der Waals surface area contributed by atoms with Gasteiger partial charge in [-0.05, 0) is 91.9 Å². The molecule has 1 aliphatic carbocycles. The van der Waals surface area contributed by atoms with Gasteiger partial charge in [-0.1, -0.05) is 50.2 Å². The molecule has 2 aromatic carbocycles. The van der Waals surface area contributed by atoms with Gasteiger partial charge in [0, 0.05) is 107 Å². The van der Waals surface area contributed by atoms with Gasteiger partial charge < -0.3 is 60.4 Å². The van der Waals surface area contributed by atoms with E-state index >= 15 is 0 Å². The number of aliphatic hydroxyl groups is 1. The Bertz CT molecular complexity index is 3170. The number of piperazine rings is 1. The summed E-state index contributed by atoms with van der Waals surface area (Å²) in [6, 6.07) is 21.9. The number of phenols is 1. The van der Waals surface area contributed by atoms with Gasteiger partial charge in [-0.15, -0.1) is 21.5 Å². The van der Waals surface area contributed by atoms with Crippen molar-refractivity contribution in [2.45, 2.75) is 139 Å². The summed E-state index contributed by atoms with van der Waals surface area (Å²) in [5.41, 5.74) is 19.6. The predicted molar refractivity (Wildman–Crippen MR) is 309 cm³/mol. The number of anilines is 3. The highest BCUT2D eigenvalue weighted by molar-refractivity contribution is 7.13. The molecule has 4 aromatic heterocycles. The molecule has 3 amide bonds.